The van der Waals surface area contributed by atoms with E-state index in [1.807, 2.05) is 36.4 Å². The van der Waals surface area contributed by atoms with E-state index in [1.165, 1.54) is 24.2 Å². The molecule has 1 aromatic carbocycles. The van der Waals surface area contributed by atoms with Crippen molar-refractivity contribution in [3.05, 3.63) is 54.0 Å². The number of guanidine groups is 1. The molecule has 1 atom stereocenters. The third-order valence-electron chi connectivity index (χ3n) is 5.61. The zero-order valence-electron chi connectivity index (χ0n) is 19.3. The number of hydrogen-bond acceptors (Lipinski definition) is 5. The molecule has 8 nitrogen and oxygen atoms in total. The molecule has 0 radical (unpaired) electrons. The van der Waals surface area contributed by atoms with Gasteiger partial charge < -0.3 is 24.7 Å². The van der Waals surface area contributed by atoms with Gasteiger partial charge in [-0.3, -0.25) is 14.7 Å². The van der Waals surface area contributed by atoms with Crippen LogP contribution in [-0.2, 0) is 11.3 Å². The summed E-state index contributed by atoms with van der Waals surface area (Å²) in [5.74, 6) is 2.31. The first kappa shape index (κ1) is 23.7. The fraction of sp³-hybridized carbons (Fsp3) is 0.500. The van der Waals surface area contributed by atoms with E-state index in [9.17, 15) is 4.79 Å². The van der Waals surface area contributed by atoms with Gasteiger partial charge in [0.2, 0.25) is 0 Å². The molecule has 3 rings (SSSR count). The predicted molar refractivity (Wildman–Crippen MR) is 126 cm³/mol. The number of piperidine rings is 1. The quantitative estimate of drug-likeness (QED) is 0.460. The minimum atomic E-state index is -0.0713. The number of carbonyl (C=O) groups is 1. The molecule has 0 bridgehead atoms. The molecule has 0 saturated carbocycles. The Morgan fingerprint density at radius 1 is 1.19 bits per heavy atom. The smallest absolute Gasteiger partial charge is 0.259 e. The average molecular weight is 442 g/mol. The number of likely N-dealkylation sites (tertiary alicyclic amines) is 1. The highest BCUT2D eigenvalue weighted by atomic mass is 16.5. The van der Waals surface area contributed by atoms with Crippen LogP contribution in [0.1, 0.15) is 36.6 Å². The number of nitrogens with zero attached hydrogens (tertiary/aromatic N) is 3. The summed E-state index contributed by atoms with van der Waals surface area (Å²) >= 11 is 0. The summed E-state index contributed by atoms with van der Waals surface area (Å²) < 4.78 is 11.3. The van der Waals surface area contributed by atoms with Crippen LogP contribution in [0.5, 0.6) is 5.75 Å². The Labute approximate surface area is 190 Å². The zero-order valence-corrected chi connectivity index (χ0v) is 19.3. The second-order valence-corrected chi connectivity index (χ2v) is 8.16. The zero-order chi connectivity index (χ0) is 22.8. The molecule has 1 aliphatic rings. The molecule has 2 heterocycles. The summed E-state index contributed by atoms with van der Waals surface area (Å²) in [6.07, 6.45) is 5.48. The average Bonchev–Trinajstić information content (AvgIpc) is 3.35. The summed E-state index contributed by atoms with van der Waals surface area (Å²) in [4.78, 5) is 20.1. The number of rotatable bonds is 9. The SMILES string of the molecule is CN=C(NCc1cccc(OCC(=O)N(C)C)c1)NCC(c1ccco1)N1CCCCC1. The summed E-state index contributed by atoms with van der Waals surface area (Å²) in [5, 5.41) is 6.81. The lowest BCUT2D eigenvalue weighted by molar-refractivity contribution is -0.130. The number of benzene rings is 1. The van der Waals surface area contributed by atoms with Crippen molar-refractivity contribution in [1.29, 1.82) is 0 Å². The fourth-order valence-electron chi connectivity index (χ4n) is 3.74. The largest absolute Gasteiger partial charge is 0.484 e. The molecular weight excluding hydrogens is 406 g/mol. The number of carbonyl (C=O) groups excluding carboxylic acids is 1. The van der Waals surface area contributed by atoms with Crippen LogP contribution in [0.15, 0.2) is 52.1 Å². The molecule has 0 aliphatic carbocycles. The van der Waals surface area contributed by atoms with Crippen molar-refractivity contribution >= 4 is 11.9 Å². The van der Waals surface area contributed by atoms with E-state index in [-0.39, 0.29) is 18.6 Å². The Morgan fingerprint density at radius 3 is 2.69 bits per heavy atom. The lowest BCUT2D eigenvalue weighted by Crippen LogP contribution is -2.44. The number of nitrogens with one attached hydrogen (secondary N) is 2. The number of likely N-dealkylation sites (N-methyl/N-ethyl adjacent to an activating group) is 1. The van der Waals surface area contributed by atoms with Gasteiger partial charge in [0.05, 0.1) is 12.3 Å². The van der Waals surface area contributed by atoms with Gasteiger partial charge in [0, 0.05) is 34.2 Å². The van der Waals surface area contributed by atoms with Gasteiger partial charge in [-0.25, -0.2) is 0 Å². The van der Waals surface area contributed by atoms with E-state index >= 15 is 0 Å². The Morgan fingerprint density at radius 2 is 2.00 bits per heavy atom. The van der Waals surface area contributed by atoms with Gasteiger partial charge in [-0.1, -0.05) is 18.6 Å². The van der Waals surface area contributed by atoms with E-state index in [0.29, 0.717) is 18.8 Å². The molecule has 8 heteroatoms. The van der Waals surface area contributed by atoms with Crippen LogP contribution in [0.4, 0.5) is 0 Å². The van der Waals surface area contributed by atoms with Crippen molar-refractivity contribution in [3.63, 3.8) is 0 Å². The van der Waals surface area contributed by atoms with Gasteiger partial charge in [0.25, 0.3) is 5.91 Å². The van der Waals surface area contributed by atoms with Gasteiger partial charge in [-0.2, -0.15) is 0 Å². The minimum absolute atomic E-state index is 0.0256. The summed E-state index contributed by atoms with van der Waals surface area (Å²) in [6, 6.07) is 11.9. The van der Waals surface area contributed by atoms with Crippen LogP contribution in [-0.4, -0.2) is 69.1 Å². The van der Waals surface area contributed by atoms with Crippen LogP contribution in [0, 0.1) is 0 Å². The van der Waals surface area contributed by atoms with Gasteiger partial charge in [-0.05, 0) is 55.8 Å². The molecule has 32 heavy (non-hydrogen) atoms. The molecule has 1 aliphatic heterocycles. The molecule has 1 saturated heterocycles. The molecule has 2 N–H and O–H groups in total. The van der Waals surface area contributed by atoms with Crippen molar-refractivity contribution < 1.29 is 13.9 Å². The number of hydrogen-bond donors (Lipinski definition) is 2. The van der Waals surface area contributed by atoms with E-state index in [0.717, 1.165) is 30.4 Å². The standard InChI is InChI=1S/C24H35N5O3/c1-25-24(26-16-19-9-7-10-20(15-19)32-18-23(30)28(2)3)27-17-21(22-11-8-14-31-22)29-12-5-4-6-13-29/h7-11,14-15,21H,4-6,12-13,16-18H2,1-3H3,(H2,25,26,27). The second-order valence-electron chi connectivity index (χ2n) is 8.16. The highest BCUT2D eigenvalue weighted by Gasteiger charge is 2.24. The lowest BCUT2D eigenvalue weighted by atomic mass is 10.1. The molecule has 174 valence electrons. The lowest BCUT2D eigenvalue weighted by Gasteiger charge is -2.33. The monoisotopic (exact) mass is 441 g/mol. The fourth-order valence-corrected chi connectivity index (χ4v) is 3.74. The van der Waals surface area contributed by atoms with Crippen LogP contribution in [0.2, 0.25) is 0 Å². The third kappa shape index (κ3) is 7.02. The molecule has 1 aromatic heterocycles. The maximum atomic E-state index is 11.7. The minimum Gasteiger partial charge on any atom is -0.484 e. The van der Waals surface area contributed by atoms with Gasteiger partial charge in [-0.15, -0.1) is 0 Å². The summed E-state index contributed by atoms with van der Waals surface area (Å²) in [5.41, 5.74) is 1.04. The Balaban J connectivity index is 1.53. The maximum Gasteiger partial charge on any atom is 0.259 e. The molecule has 1 fully saturated rings. The maximum absolute atomic E-state index is 11.7. The van der Waals surface area contributed by atoms with E-state index in [2.05, 4.69) is 20.5 Å². The number of ether oxygens (including phenoxy) is 1. The summed E-state index contributed by atoms with van der Waals surface area (Å²) in [7, 11) is 5.20. The molecule has 1 unspecified atom stereocenters. The third-order valence-corrected chi connectivity index (χ3v) is 5.61. The normalized spacial score (nSPS) is 15.8. The number of amides is 1. The Hall–Kier alpha value is -3.00. The molecule has 0 spiro atoms. The van der Waals surface area contributed by atoms with Crippen LogP contribution >= 0.6 is 0 Å². The van der Waals surface area contributed by atoms with Gasteiger partial charge >= 0.3 is 0 Å². The molecule has 1 amide bonds. The van der Waals surface area contributed by atoms with Crippen LogP contribution < -0.4 is 15.4 Å². The van der Waals surface area contributed by atoms with Crippen molar-refractivity contribution in [1.82, 2.24) is 20.4 Å². The van der Waals surface area contributed by atoms with E-state index in [4.69, 9.17) is 9.15 Å². The van der Waals surface area contributed by atoms with Crippen molar-refractivity contribution in [2.24, 2.45) is 4.99 Å². The van der Waals surface area contributed by atoms with Crippen molar-refractivity contribution in [2.45, 2.75) is 31.8 Å². The first-order valence-electron chi connectivity index (χ1n) is 11.2. The molecule has 2 aromatic rings. The van der Waals surface area contributed by atoms with Crippen LogP contribution in [0.3, 0.4) is 0 Å². The first-order chi connectivity index (χ1) is 15.6. The first-order valence-corrected chi connectivity index (χ1v) is 11.2. The van der Waals surface area contributed by atoms with Crippen molar-refractivity contribution in [2.75, 3.05) is 47.4 Å². The predicted octanol–water partition coefficient (Wildman–Crippen LogP) is 2.64. The van der Waals surface area contributed by atoms with Crippen molar-refractivity contribution in [3.8, 4) is 5.75 Å². The van der Waals surface area contributed by atoms with E-state index < -0.39 is 0 Å². The van der Waals surface area contributed by atoms with Crippen LogP contribution in [0.25, 0.3) is 0 Å². The number of aliphatic imine (C=N–C) groups is 1. The Bertz CT molecular complexity index is 860. The topological polar surface area (TPSA) is 82.3 Å². The van der Waals surface area contributed by atoms with Gasteiger partial charge in [0.15, 0.2) is 12.6 Å². The highest BCUT2D eigenvalue weighted by molar-refractivity contribution is 5.79. The Kier molecular flexibility index (Phi) is 8.98. The highest BCUT2D eigenvalue weighted by Crippen LogP contribution is 2.24. The van der Waals surface area contributed by atoms with E-state index in [1.54, 1.807) is 27.4 Å². The summed E-state index contributed by atoms with van der Waals surface area (Å²) in [6.45, 7) is 3.50. The van der Waals surface area contributed by atoms with Gasteiger partial charge in [0.1, 0.15) is 11.5 Å². The molecular formula is C24H35N5O3. The number of furan rings is 1. The second kappa shape index (κ2) is 12.1.